The van der Waals surface area contributed by atoms with Crippen LogP contribution in [0.15, 0.2) is 97.1 Å². The number of rotatable bonds is 25. The smallest absolute Gasteiger partial charge is 0.325 e. The van der Waals surface area contributed by atoms with E-state index >= 15 is 28.8 Å². The van der Waals surface area contributed by atoms with Crippen molar-refractivity contribution in [3.8, 4) is 68.6 Å². The van der Waals surface area contributed by atoms with E-state index < -0.39 is 192 Å². The van der Waals surface area contributed by atoms with Crippen molar-refractivity contribution in [2.45, 2.75) is 184 Å². The molecule has 1 saturated heterocycles. The first-order chi connectivity index (χ1) is 59.4. The second-order valence-electron chi connectivity index (χ2n) is 33.1. The molecule has 6 aromatic carbocycles. The number of carbonyl (C=O) groups excluding carboxylic acids is 9. The molecule has 666 valence electrons. The number of aromatic hydroxyl groups is 3. The number of phenolic OH excluding ortho intramolecular Hbond substituents is 3. The molecule has 10 aliphatic rings. The third-order valence-corrected chi connectivity index (χ3v) is 23.9. The number of nitrogens with two attached hydrogens (primary N) is 1. The fraction of sp³-hybridized carbons (Fsp3) is 0.483. The monoisotopic (exact) mass is 1740 g/mol. The van der Waals surface area contributed by atoms with Gasteiger partial charge < -0.3 is 133 Å². The van der Waals surface area contributed by atoms with E-state index in [1.807, 2.05) is 27.7 Å². The van der Waals surface area contributed by atoms with Gasteiger partial charge in [0.2, 0.25) is 59.3 Å². The Bertz CT molecular complexity index is 4950. The minimum absolute atomic E-state index is 0.0212. The number of nitrogens with one attached hydrogen (secondary N) is 12. The number of anilines is 1. The Balaban J connectivity index is 0.973. The Kier molecular flexibility index (Phi) is 29.1. The van der Waals surface area contributed by atoms with E-state index in [4.69, 9.17) is 45.8 Å². The third kappa shape index (κ3) is 20.6. The lowest BCUT2D eigenvalue weighted by molar-refractivity contribution is -0.270. The fourth-order valence-corrected chi connectivity index (χ4v) is 17.8. The average Bonchev–Trinajstić information content (AvgIpc) is 0.741. The zero-order valence-corrected chi connectivity index (χ0v) is 70.0. The van der Waals surface area contributed by atoms with Crippen molar-refractivity contribution >= 4 is 70.6 Å². The molecule has 0 aromatic heterocycles. The number of urea groups is 1. The summed E-state index contributed by atoms with van der Waals surface area (Å²) >= 11 is 7.22. The molecule has 22 N–H and O–H groups in total. The maximum Gasteiger partial charge on any atom is 0.325 e. The standard InChI is InChI=1S/C87H108ClN13O23/c1-7-17-91-19-21-119-50-12-16-61(120-22-20-92-18-8-2)54(36-50)94-87(118)95-65(105)37-56-80(112)97-69-48-32-62(121-59-14-10-44(24-40(59)5)73(106)71(84(116)93-56)100-79(111)55(90-6)23-39(3)4)78(124-86-77(110)76(109)75(108)64(38-89)123-86)63(33-48)122-60-15-11-45(31-53(60)88)74(107)72-85(117)99-70(83(115)96-67-46-26-41-25-42(28-46)29-47(67)27-41)52-34-49(102)35-58(104)66(52)51-30-43(9-13-57(51)103)68(81(113)101-72)98-82(69)114/h9-16,24,30-36,39,41-42,46-47,55-56,64,67-77,86,90-92,102-104,106-110H,7-8,17-23,25-29,37-38,89H2,1-6H3,(H,93,116)(H,96,115)(H,97,112)(H,98,114)(H,99,117)(H,100,111)(H,101,113)(H2,94,95,105,118)/t41?,42?,46?,47?,55-,56+,64-,67?,68-,69-,70+,71-,72+,73-,74-,75-,76+,77-,86+/m1/s1. The fourth-order valence-electron chi connectivity index (χ4n) is 17.6. The number of fused-ring (bicyclic) bond motifs is 15. The number of benzene rings is 6. The maximum absolute atomic E-state index is 16.6. The Morgan fingerprint density at radius 3 is 1.91 bits per heavy atom. The first-order valence-corrected chi connectivity index (χ1v) is 42.2. The molecule has 6 aliphatic heterocycles. The van der Waals surface area contributed by atoms with Crippen molar-refractivity contribution in [1.29, 1.82) is 0 Å². The predicted molar refractivity (Wildman–Crippen MR) is 448 cm³/mol. The van der Waals surface area contributed by atoms with Crippen LogP contribution in [0.2, 0.25) is 5.02 Å². The molecular weight excluding hydrogens is 1630 g/mol. The lowest BCUT2D eigenvalue weighted by atomic mass is 9.54. The molecule has 15 bridgehead atoms. The van der Waals surface area contributed by atoms with Crippen LogP contribution in [0.1, 0.15) is 149 Å². The van der Waals surface area contributed by atoms with E-state index in [1.54, 1.807) is 12.1 Å². The Labute approximate surface area is 719 Å². The highest BCUT2D eigenvalue weighted by atomic mass is 35.5. The number of carbonyl (C=O) groups is 9. The van der Waals surface area contributed by atoms with Crippen LogP contribution in [0, 0.1) is 36.5 Å². The van der Waals surface area contributed by atoms with E-state index in [0.717, 1.165) is 100 Å². The number of hydrogen-bond donors (Lipinski definition) is 21. The second kappa shape index (κ2) is 39.8. The minimum atomic E-state index is -2.37. The molecule has 4 aliphatic carbocycles. The van der Waals surface area contributed by atoms with Gasteiger partial charge in [-0.25, -0.2) is 4.79 Å². The molecule has 6 heterocycles. The molecule has 16 rings (SSSR count). The number of aliphatic hydroxyl groups is 5. The number of ether oxygens (including phenoxy) is 6. The summed E-state index contributed by atoms with van der Waals surface area (Å²) in [5.41, 5.74) is 4.26. The van der Waals surface area contributed by atoms with Gasteiger partial charge in [-0.05, 0) is 208 Å². The van der Waals surface area contributed by atoms with Crippen LogP contribution in [-0.4, -0.2) is 208 Å². The molecule has 0 unspecified atom stereocenters. The number of phenols is 3. The van der Waals surface area contributed by atoms with Crippen molar-refractivity contribution in [3.63, 3.8) is 0 Å². The topological polar surface area (TPSA) is 541 Å². The van der Waals surface area contributed by atoms with E-state index in [9.17, 15) is 55.2 Å². The van der Waals surface area contributed by atoms with Crippen molar-refractivity contribution in [2.75, 3.05) is 58.3 Å². The number of aryl methyl sites for hydroxylation is 1. The Morgan fingerprint density at radius 2 is 1.26 bits per heavy atom. The largest absolute Gasteiger partial charge is 0.508 e. The molecule has 0 spiro atoms. The van der Waals surface area contributed by atoms with Gasteiger partial charge in [-0.1, -0.05) is 57.5 Å². The van der Waals surface area contributed by atoms with Gasteiger partial charge in [0.1, 0.15) is 126 Å². The first kappa shape index (κ1) is 90.6. The zero-order valence-electron chi connectivity index (χ0n) is 69.3. The molecule has 37 heteroatoms. The Morgan fingerprint density at radius 1 is 0.621 bits per heavy atom. The summed E-state index contributed by atoms with van der Waals surface area (Å²) in [4.78, 5) is 139. The highest BCUT2D eigenvalue weighted by Gasteiger charge is 2.51. The van der Waals surface area contributed by atoms with Crippen molar-refractivity contribution < 1.29 is 112 Å². The second-order valence-corrected chi connectivity index (χ2v) is 33.5. The van der Waals surface area contributed by atoms with Gasteiger partial charge in [-0.15, -0.1) is 0 Å². The number of imide groups is 1. The molecule has 10 amide bonds. The van der Waals surface area contributed by atoms with Crippen LogP contribution in [0.25, 0.3) is 11.1 Å². The average molecular weight is 1740 g/mol. The van der Waals surface area contributed by atoms with Crippen LogP contribution >= 0.6 is 11.6 Å². The third-order valence-electron chi connectivity index (χ3n) is 23.6. The van der Waals surface area contributed by atoms with Crippen LogP contribution in [0.4, 0.5) is 10.5 Å². The molecule has 6 aromatic rings. The van der Waals surface area contributed by atoms with E-state index in [-0.39, 0.29) is 110 Å². The Hall–Kier alpha value is -11.2. The highest BCUT2D eigenvalue weighted by molar-refractivity contribution is 6.32. The number of amides is 10. The molecule has 124 heavy (non-hydrogen) atoms. The first-order valence-electron chi connectivity index (χ1n) is 41.9. The van der Waals surface area contributed by atoms with Gasteiger partial charge >= 0.3 is 6.03 Å². The van der Waals surface area contributed by atoms with Gasteiger partial charge in [0.05, 0.1) is 23.2 Å². The van der Waals surface area contributed by atoms with Crippen LogP contribution in [0.5, 0.6) is 57.5 Å². The van der Waals surface area contributed by atoms with Gasteiger partial charge in [0.15, 0.2) is 11.5 Å². The molecular formula is C87H108ClN13O23. The quantitative estimate of drug-likeness (QED) is 0.0361. The summed E-state index contributed by atoms with van der Waals surface area (Å²) < 4.78 is 38.1. The van der Waals surface area contributed by atoms with Crippen LogP contribution in [-0.2, 0) is 43.1 Å². The number of hydrogen-bond acceptors (Lipinski definition) is 27. The molecule has 5 fully saturated rings. The molecule has 36 nitrogen and oxygen atoms in total. The van der Waals surface area contributed by atoms with Crippen molar-refractivity contribution in [2.24, 2.45) is 35.3 Å². The summed E-state index contributed by atoms with van der Waals surface area (Å²) in [7, 11) is 1.50. The highest BCUT2D eigenvalue weighted by Crippen LogP contribution is 2.55. The van der Waals surface area contributed by atoms with Gasteiger partial charge in [0.25, 0.3) is 0 Å². The van der Waals surface area contributed by atoms with Gasteiger partial charge in [-0.3, -0.25) is 43.7 Å². The van der Waals surface area contributed by atoms with Crippen LogP contribution in [0.3, 0.4) is 0 Å². The summed E-state index contributed by atoms with van der Waals surface area (Å²) in [5.74, 6) is -12.5. The molecule has 0 radical (unpaired) electrons. The van der Waals surface area contributed by atoms with Crippen LogP contribution < -0.4 is 93.2 Å². The predicted octanol–water partition coefficient (Wildman–Crippen LogP) is 3.97. The minimum Gasteiger partial charge on any atom is -0.508 e. The summed E-state index contributed by atoms with van der Waals surface area (Å²) in [5, 5.41) is 128. The zero-order chi connectivity index (χ0) is 88.6. The van der Waals surface area contributed by atoms with E-state index in [0.29, 0.717) is 37.2 Å². The SMILES string of the molecule is CCCNCCOc1ccc(OCCNCCC)c(NC(=O)NC(=O)C[C@@H]2NC(=O)[C@H](NC(=O)[C@@H](CC(C)C)NC)[C@H](O)c3ccc(c(C)c3)Oc3cc4cc(c3O[C@@H]3O[C@H](CN)[C@@H](O)[C@H](O)[C@H]3O)Oc3ccc(cc3Cl)[C@@H](O)[C@@H]3NC(=O)[C@H](NC(=O)[C@@H]4NC2=O)c2ccc(O)c(c2)-c2c(O)cc(O)cc2[C@@H](C(=O)NC2C4CC5CC(C4)CC2C5)NC3=O)c1. The lowest BCUT2D eigenvalue weighted by Gasteiger charge is -2.54. The normalized spacial score (nSPS) is 26.7. The maximum atomic E-state index is 16.6. The van der Waals surface area contributed by atoms with Gasteiger partial charge in [0, 0.05) is 48.9 Å². The summed E-state index contributed by atoms with van der Waals surface area (Å²) in [6.45, 7) is 11.4. The van der Waals surface area contributed by atoms with E-state index in [1.165, 1.54) is 50.4 Å². The summed E-state index contributed by atoms with van der Waals surface area (Å²) in [6.07, 6.45) is -8.40. The molecule has 4 saturated carbocycles. The van der Waals surface area contributed by atoms with E-state index in [2.05, 4.69) is 63.8 Å². The summed E-state index contributed by atoms with van der Waals surface area (Å²) in [6, 6.07) is 4.17. The van der Waals surface area contributed by atoms with Crippen molar-refractivity contribution in [1.82, 2.24) is 58.5 Å². The number of halogens is 1. The number of aliphatic hydroxyl groups excluding tert-OH is 5. The molecule has 14 atom stereocenters. The lowest BCUT2D eigenvalue weighted by Crippen LogP contribution is -2.60. The number of likely N-dealkylation sites (N-methyl/N-ethyl adjacent to an activating group) is 1. The van der Waals surface area contributed by atoms with Gasteiger partial charge in [-0.2, -0.15) is 0 Å². The van der Waals surface area contributed by atoms with Crippen molar-refractivity contribution in [3.05, 3.63) is 135 Å².